The van der Waals surface area contributed by atoms with E-state index < -0.39 is 0 Å². The van der Waals surface area contributed by atoms with Crippen molar-refractivity contribution in [3.63, 3.8) is 0 Å². The lowest BCUT2D eigenvalue weighted by Gasteiger charge is -2.05. The molecule has 0 atom stereocenters. The van der Waals surface area contributed by atoms with Crippen molar-refractivity contribution in [2.45, 2.75) is 65.7 Å². The highest BCUT2D eigenvalue weighted by molar-refractivity contribution is 5.12. The summed E-state index contributed by atoms with van der Waals surface area (Å²) in [7, 11) is 0. The summed E-state index contributed by atoms with van der Waals surface area (Å²) in [5.74, 6) is 0.741. The van der Waals surface area contributed by atoms with E-state index in [2.05, 4.69) is 37.0 Å². The maximum atomic E-state index is 4.21. The minimum absolute atomic E-state index is 0.741. The Hall–Kier alpha value is -0.920. The van der Waals surface area contributed by atoms with Gasteiger partial charge in [0.25, 0.3) is 0 Å². The molecule has 0 saturated heterocycles. The highest BCUT2D eigenvalue weighted by atomic mass is 15.1. The summed E-state index contributed by atoms with van der Waals surface area (Å²) >= 11 is 0. The lowest BCUT2D eigenvalue weighted by molar-refractivity contribution is 0.577. The van der Waals surface area contributed by atoms with E-state index in [4.69, 9.17) is 0 Å². The van der Waals surface area contributed by atoms with Crippen LogP contribution in [0.15, 0.2) is 12.3 Å². The lowest BCUT2D eigenvalue weighted by atomic mass is 10.0. The zero-order chi connectivity index (χ0) is 12.5. The molecule has 0 fully saturated rings. The molecule has 0 aromatic carbocycles. The zero-order valence-corrected chi connectivity index (χ0v) is 11.6. The van der Waals surface area contributed by atoms with Crippen LogP contribution in [-0.2, 0) is 12.8 Å². The second-order valence-electron chi connectivity index (χ2n) is 5.30. The lowest BCUT2D eigenvalue weighted by Crippen LogP contribution is -1.99. The van der Waals surface area contributed by atoms with Crippen LogP contribution in [0.25, 0.3) is 0 Å². The maximum Gasteiger partial charge on any atom is 0.0633 e. The molecule has 2 heteroatoms. The van der Waals surface area contributed by atoms with Crippen molar-refractivity contribution in [1.82, 2.24) is 10.2 Å². The molecule has 2 nitrogen and oxygen atoms in total. The van der Waals surface area contributed by atoms with E-state index in [1.54, 1.807) is 0 Å². The monoisotopic (exact) mass is 234 g/mol. The van der Waals surface area contributed by atoms with Crippen LogP contribution in [0.2, 0.25) is 0 Å². The second kappa shape index (κ2) is 8.21. The largest absolute Gasteiger partial charge is 0.159 e. The number of hydrogen-bond donors (Lipinski definition) is 0. The van der Waals surface area contributed by atoms with Gasteiger partial charge >= 0.3 is 0 Å². The SMILES string of the molecule is CCCCCCc1cnnc(CCC(C)C)c1. The molecule has 1 heterocycles. The molecule has 0 aliphatic rings. The number of unbranched alkanes of at least 4 members (excludes halogenated alkanes) is 3. The summed E-state index contributed by atoms with van der Waals surface area (Å²) in [6.45, 7) is 6.75. The maximum absolute atomic E-state index is 4.21. The van der Waals surface area contributed by atoms with Crippen LogP contribution in [0, 0.1) is 5.92 Å². The number of nitrogens with zero attached hydrogens (tertiary/aromatic N) is 2. The summed E-state index contributed by atoms with van der Waals surface area (Å²) in [5.41, 5.74) is 2.52. The normalized spacial score (nSPS) is 11.1. The minimum atomic E-state index is 0.741. The van der Waals surface area contributed by atoms with Gasteiger partial charge in [-0.2, -0.15) is 10.2 Å². The summed E-state index contributed by atoms with van der Waals surface area (Å²) in [6.07, 6.45) is 10.6. The smallest absolute Gasteiger partial charge is 0.0633 e. The third-order valence-electron chi connectivity index (χ3n) is 3.06. The Bertz CT molecular complexity index is 308. The number of hydrogen-bond acceptors (Lipinski definition) is 2. The molecule has 96 valence electrons. The van der Waals surface area contributed by atoms with E-state index in [0.29, 0.717) is 0 Å². The zero-order valence-electron chi connectivity index (χ0n) is 11.6. The van der Waals surface area contributed by atoms with Crippen molar-refractivity contribution < 1.29 is 0 Å². The molecular weight excluding hydrogens is 208 g/mol. The molecule has 1 aromatic rings. The first kappa shape index (κ1) is 14.1. The van der Waals surface area contributed by atoms with Crippen molar-refractivity contribution in [3.8, 4) is 0 Å². The summed E-state index contributed by atoms with van der Waals surface area (Å²) in [6, 6.07) is 2.24. The van der Waals surface area contributed by atoms with Gasteiger partial charge in [0.2, 0.25) is 0 Å². The van der Waals surface area contributed by atoms with E-state index in [1.165, 1.54) is 37.7 Å². The van der Waals surface area contributed by atoms with Crippen molar-refractivity contribution in [3.05, 3.63) is 23.5 Å². The summed E-state index contributed by atoms with van der Waals surface area (Å²) in [4.78, 5) is 0. The average molecular weight is 234 g/mol. The van der Waals surface area contributed by atoms with Crippen molar-refractivity contribution in [1.29, 1.82) is 0 Å². The average Bonchev–Trinajstić information content (AvgIpc) is 2.33. The first-order valence-electron chi connectivity index (χ1n) is 7.02. The molecule has 0 spiro atoms. The number of aromatic nitrogens is 2. The van der Waals surface area contributed by atoms with Crippen LogP contribution >= 0.6 is 0 Å². The van der Waals surface area contributed by atoms with Crippen LogP contribution in [0.3, 0.4) is 0 Å². The highest BCUT2D eigenvalue weighted by Gasteiger charge is 2.01. The van der Waals surface area contributed by atoms with Crippen LogP contribution < -0.4 is 0 Å². The van der Waals surface area contributed by atoms with Gasteiger partial charge in [-0.25, -0.2) is 0 Å². The van der Waals surface area contributed by atoms with Gasteiger partial charge in [0, 0.05) is 0 Å². The van der Waals surface area contributed by atoms with E-state index in [1.807, 2.05) is 6.20 Å². The standard InChI is InChI=1S/C15H26N2/c1-4-5-6-7-8-14-11-15(17-16-12-14)10-9-13(2)3/h11-13H,4-10H2,1-3H3. The van der Waals surface area contributed by atoms with Gasteiger partial charge < -0.3 is 0 Å². The molecule has 0 unspecified atom stereocenters. The van der Waals surface area contributed by atoms with Crippen LogP contribution in [0.4, 0.5) is 0 Å². The quantitative estimate of drug-likeness (QED) is 0.630. The van der Waals surface area contributed by atoms with E-state index in [-0.39, 0.29) is 0 Å². The topological polar surface area (TPSA) is 25.8 Å². The third kappa shape index (κ3) is 6.40. The van der Waals surface area contributed by atoms with Gasteiger partial charge in [0.05, 0.1) is 11.9 Å². The van der Waals surface area contributed by atoms with E-state index in [9.17, 15) is 0 Å². The van der Waals surface area contributed by atoms with E-state index in [0.717, 1.165) is 24.5 Å². The van der Waals surface area contributed by atoms with Gasteiger partial charge in [-0.3, -0.25) is 0 Å². The molecule has 0 aliphatic heterocycles. The number of rotatable bonds is 8. The van der Waals surface area contributed by atoms with E-state index >= 15 is 0 Å². The molecule has 0 radical (unpaired) electrons. The molecule has 0 saturated carbocycles. The third-order valence-corrected chi connectivity index (χ3v) is 3.06. The first-order valence-corrected chi connectivity index (χ1v) is 7.02. The Kier molecular flexibility index (Phi) is 6.83. The molecule has 0 aliphatic carbocycles. The van der Waals surface area contributed by atoms with Crippen LogP contribution in [-0.4, -0.2) is 10.2 Å². The van der Waals surface area contributed by atoms with Gasteiger partial charge in [-0.05, 0) is 43.2 Å². The van der Waals surface area contributed by atoms with Crippen LogP contribution in [0.1, 0.15) is 64.1 Å². The van der Waals surface area contributed by atoms with Gasteiger partial charge in [-0.1, -0.05) is 40.0 Å². The van der Waals surface area contributed by atoms with Crippen molar-refractivity contribution in [2.24, 2.45) is 5.92 Å². The molecular formula is C15H26N2. The minimum Gasteiger partial charge on any atom is -0.159 e. The molecule has 1 rings (SSSR count). The highest BCUT2D eigenvalue weighted by Crippen LogP contribution is 2.10. The fourth-order valence-corrected chi connectivity index (χ4v) is 1.91. The second-order valence-corrected chi connectivity index (χ2v) is 5.30. The fraction of sp³-hybridized carbons (Fsp3) is 0.733. The van der Waals surface area contributed by atoms with Gasteiger partial charge in [-0.15, -0.1) is 0 Å². The molecule has 0 N–H and O–H groups in total. The van der Waals surface area contributed by atoms with Gasteiger partial charge in [0.15, 0.2) is 0 Å². The Labute approximate surface area is 106 Å². The Balaban J connectivity index is 2.37. The predicted molar refractivity (Wildman–Crippen MR) is 73.0 cm³/mol. The van der Waals surface area contributed by atoms with Gasteiger partial charge in [0.1, 0.15) is 0 Å². The van der Waals surface area contributed by atoms with Crippen molar-refractivity contribution >= 4 is 0 Å². The van der Waals surface area contributed by atoms with Crippen molar-refractivity contribution in [2.75, 3.05) is 0 Å². The summed E-state index contributed by atoms with van der Waals surface area (Å²) in [5, 5.41) is 8.32. The predicted octanol–water partition coefficient (Wildman–Crippen LogP) is 4.19. The molecule has 17 heavy (non-hydrogen) atoms. The molecule has 1 aromatic heterocycles. The Morgan fingerprint density at radius 3 is 2.65 bits per heavy atom. The van der Waals surface area contributed by atoms with Crippen LogP contribution in [0.5, 0.6) is 0 Å². The Morgan fingerprint density at radius 1 is 1.12 bits per heavy atom. The number of aryl methyl sites for hydroxylation is 2. The summed E-state index contributed by atoms with van der Waals surface area (Å²) < 4.78 is 0. The molecule has 0 bridgehead atoms. The first-order chi connectivity index (χ1) is 8.22. The fourth-order valence-electron chi connectivity index (χ4n) is 1.91. The Morgan fingerprint density at radius 2 is 1.94 bits per heavy atom. The molecule has 0 amide bonds.